The molecule has 0 aromatic carbocycles. The molecule has 5 heteroatoms. The van der Waals surface area contributed by atoms with Crippen molar-refractivity contribution in [2.75, 3.05) is 6.54 Å². The first-order valence-corrected chi connectivity index (χ1v) is 4.86. The second-order valence-electron chi connectivity index (χ2n) is 4.53. The molecule has 2 aliphatic rings. The fraction of sp³-hybridized carbons (Fsp3) is 1.00. The van der Waals surface area contributed by atoms with E-state index in [2.05, 4.69) is 5.32 Å². The van der Waals surface area contributed by atoms with Gasteiger partial charge in [0.1, 0.15) is 0 Å². The fourth-order valence-electron chi connectivity index (χ4n) is 2.50. The molecule has 1 heterocycles. The van der Waals surface area contributed by atoms with Crippen molar-refractivity contribution in [3.63, 3.8) is 0 Å². The molecule has 3 atom stereocenters. The van der Waals surface area contributed by atoms with Crippen LogP contribution in [-0.2, 0) is 0 Å². The number of hydrogen-bond donors (Lipinski definition) is 3. The maximum Gasteiger partial charge on any atom is 0.252 e. The number of aliphatic hydroxyl groups is 2. The molecule has 0 aromatic heterocycles. The third kappa shape index (κ3) is 1.43. The van der Waals surface area contributed by atoms with Crippen LogP contribution < -0.4 is 5.32 Å². The van der Waals surface area contributed by atoms with Gasteiger partial charge >= 0.3 is 0 Å². The van der Waals surface area contributed by atoms with Gasteiger partial charge < -0.3 is 15.5 Å². The van der Waals surface area contributed by atoms with Crippen molar-refractivity contribution in [1.82, 2.24) is 5.32 Å². The Morgan fingerprint density at radius 2 is 1.93 bits per heavy atom. The lowest BCUT2D eigenvalue weighted by Crippen LogP contribution is -2.62. The zero-order chi connectivity index (χ0) is 10.6. The highest BCUT2D eigenvalue weighted by atomic mass is 19.3. The minimum Gasteiger partial charge on any atom is -0.390 e. The van der Waals surface area contributed by atoms with Gasteiger partial charge in [0.25, 0.3) is 5.92 Å². The first kappa shape index (κ1) is 10.3. The van der Waals surface area contributed by atoms with Gasteiger partial charge in [0.15, 0.2) is 0 Å². The summed E-state index contributed by atoms with van der Waals surface area (Å²) in [7, 11) is 0. The first-order valence-electron chi connectivity index (χ1n) is 4.86. The van der Waals surface area contributed by atoms with Crippen LogP contribution in [0.25, 0.3) is 0 Å². The van der Waals surface area contributed by atoms with Crippen LogP contribution >= 0.6 is 0 Å². The van der Waals surface area contributed by atoms with E-state index in [1.807, 2.05) is 0 Å². The number of piperidine rings is 1. The zero-order valence-corrected chi connectivity index (χ0v) is 8.00. The molecule has 14 heavy (non-hydrogen) atoms. The minimum atomic E-state index is -2.95. The monoisotopic (exact) mass is 207 g/mol. The number of alkyl halides is 2. The van der Waals surface area contributed by atoms with Crippen LogP contribution in [0.2, 0.25) is 0 Å². The zero-order valence-electron chi connectivity index (χ0n) is 8.00. The van der Waals surface area contributed by atoms with Crippen molar-refractivity contribution in [3.05, 3.63) is 0 Å². The molecule has 2 fully saturated rings. The van der Waals surface area contributed by atoms with Gasteiger partial charge in [-0.15, -0.1) is 0 Å². The second kappa shape index (κ2) is 2.87. The standard InChI is InChI=1S/C9H15F2NO2/c1-8(10,11)7-6(14)5(13)4-12-9(7)2-3-9/h5-7,12-14H,2-4H2,1H3/t5-,6+,7?/m1/s1. The number of halogens is 2. The molecule has 0 aromatic rings. The van der Waals surface area contributed by atoms with Crippen LogP contribution in [0.3, 0.4) is 0 Å². The summed E-state index contributed by atoms with van der Waals surface area (Å²) in [5.74, 6) is -4.12. The molecule has 0 bridgehead atoms. The van der Waals surface area contributed by atoms with Gasteiger partial charge in [-0.05, 0) is 19.8 Å². The van der Waals surface area contributed by atoms with E-state index in [1.54, 1.807) is 0 Å². The number of β-amino-alcohol motifs (C(OH)–C–C–N with tert-alkyl or cyclic N) is 1. The van der Waals surface area contributed by atoms with Crippen LogP contribution in [0, 0.1) is 5.92 Å². The first-order chi connectivity index (χ1) is 6.37. The highest BCUT2D eigenvalue weighted by Crippen LogP contribution is 2.52. The Hall–Kier alpha value is -0.260. The molecule has 1 aliphatic heterocycles. The van der Waals surface area contributed by atoms with Crippen molar-refractivity contribution in [2.45, 2.75) is 43.4 Å². The van der Waals surface area contributed by atoms with E-state index in [1.165, 1.54) is 0 Å². The van der Waals surface area contributed by atoms with Crippen molar-refractivity contribution in [3.8, 4) is 0 Å². The smallest absolute Gasteiger partial charge is 0.252 e. The van der Waals surface area contributed by atoms with Gasteiger partial charge in [0.05, 0.1) is 18.1 Å². The number of aliphatic hydroxyl groups excluding tert-OH is 2. The summed E-state index contributed by atoms with van der Waals surface area (Å²) in [5, 5.41) is 21.8. The summed E-state index contributed by atoms with van der Waals surface area (Å²) < 4.78 is 26.5. The Labute approximate surface area is 81.1 Å². The fourth-order valence-corrected chi connectivity index (χ4v) is 2.50. The van der Waals surface area contributed by atoms with Crippen LogP contribution in [-0.4, -0.2) is 40.4 Å². The summed E-state index contributed by atoms with van der Waals surface area (Å²) >= 11 is 0. The normalized spacial score (nSPS) is 41.4. The molecule has 3 N–H and O–H groups in total. The molecular weight excluding hydrogens is 192 g/mol. The largest absolute Gasteiger partial charge is 0.390 e. The summed E-state index contributed by atoms with van der Waals surface area (Å²) in [6.07, 6.45) is -1.09. The van der Waals surface area contributed by atoms with Gasteiger partial charge in [-0.25, -0.2) is 8.78 Å². The number of rotatable bonds is 1. The van der Waals surface area contributed by atoms with Crippen LogP contribution in [0.4, 0.5) is 8.78 Å². The topological polar surface area (TPSA) is 52.5 Å². The molecular formula is C9H15F2NO2. The lowest BCUT2D eigenvalue weighted by atomic mass is 9.80. The van der Waals surface area contributed by atoms with Crippen molar-refractivity contribution < 1.29 is 19.0 Å². The molecule has 2 rings (SSSR count). The van der Waals surface area contributed by atoms with E-state index in [9.17, 15) is 19.0 Å². The molecule has 1 spiro atoms. The summed E-state index contributed by atoms with van der Waals surface area (Å²) in [4.78, 5) is 0. The molecule has 1 aliphatic carbocycles. The van der Waals surface area contributed by atoms with Gasteiger partial charge in [0, 0.05) is 12.1 Å². The molecule has 82 valence electrons. The van der Waals surface area contributed by atoms with Gasteiger partial charge in [-0.1, -0.05) is 0 Å². The van der Waals surface area contributed by atoms with Gasteiger partial charge in [-0.2, -0.15) is 0 Å². The van der Waals surface area contributed by atoms with Crippen molar-refractivity contribution in [1.29, 1.82) is 0 Å². The average Bonchev–Trinajstić information content (AvgIpc) is 2.77. The van der Waals surface area contributed by atoms with Crippen molar-refractivity contribution >= 4 is 0 Å². The molecule has 0 radical (unpaired) electrons. The van der Waals surface area contributed by atoms with Crippen molar-refractivity contribution in [2.24, 2.45) is 5.92 Å². The van der Waals surface area contributed by atoms with E-state index >= 15 is 0 Å². The van der Waals surface area contributed by atoms with Crippen LogP contribution in [0.5, 0.6) is 0 Å². The Kier molecular flexibility index (Phi) is 2.10. The van der Waals surface area contributed by atoms with Crippen LogP contribution in [0.15, 0.2) is 0 Å². The predicted molar refractivity (Wildman–Crippen MR) is 46.1 cm³/mol. The minimum absolute atomic E-state index is 0.202. The predicted octanol–water partition coefficient (Wildman–Crippen LogP) is 0.115. The Morgan fingerprint density at radius 3 is 2.36 bits per heavy atom. The maximum atomic E-state index is 13.3. The Balaban J connectivity index is 2.23. The number of nitrogens with one attached hydrogen (secondary N) is 1. The third-order valence-electron chi connectivity index (χ3n) is 3.33. The Morgan fingerprint density at radius 1 is 1.36 bits per heavy atom. The SMILES string of the molecule is CC(F)(F)C1[C@@H](O)[C@H](O)CNC12CC2. The lowest BCUT2D eigenvalue weighted by Gasteiger charge is -2.42. The molecule has 1 saturated carbocycles. The summed E-state index contributed by atoms with van der Waals surface area (Å²) in [6.45, 7) is 1.01. The quantitative estimate of drug-likeness (QED) is 0.572. The highest BCUT2D eigenvalue weighted by Gasteiger charge is 2.63. The highest BCUT2D eigenvalue weighted by molar-refractivity contribution is 5.15. The van der Waals surface area contributed by atoms with E-state index in [0.717, 1.165) is 6.92 Å². The lowest BCUT2D eigenvalue weighted by molar-refractivity contribution is -0.155. The third-order valence-corrected chi connectivity index (χ3v) is 3.33. The van der Waals surface area contributed by atoms with E-state index in [-0.39, 0.29) is 6.54 Å². The second-order valence-corrected chi connectivity index (χ2v) is 4.53. The molecule has 1 saturated heterocycles. The number of hydrogen-bond acceptors (Lipinski definition) is 3. The molecule has 3 nitrogen and oxygen atoms in total. The average molecular weight is 207 g/mol. The Bertz CT molecular complexity index is 237. The summed E-state index contributed by atoms with van der Waals surface area (Å²) in [6, 6.07) is 0. The van der Waals surface area contributed by atoms with Crippen LogP contribution in [0.1, 0.15) is 19.8 Å². The van der Waals surface area contributed by atoms with Gasteiger partial charge in [0.2, 0.25) is 0 Å². The molecule has 0 amide bonds. The van der Waals surface area contributed by atoms with E-state index < -0.39 is 29.6 Å². The van der Waals surface area contributed by atoms with E-state index in [0.29, 0.717) is 12.8 Å². The summed E-state index contributed by atoms with van der Waals surface area (Å²) in [5.41, 5.74) is -0.628. The van der Waals surface area contributed by atoms with Gasteiger partial charge in [-0.3, -0.25) is 0 Å². The maximum absolute atomic E-state index is 13.3. The van der Waals surface area contributed by atoms with E-state index in [4.69, 9.17) is 0 Å². The molecule has 1 unspecified atom stereocenters.